The van der Waals surface area contributed by atoms with Gasteiger partial charge in [-0.05, 0) is 53.9 Å². The number of rotatable bonds is 2. The highest BCUT2D eigenvalue weighted by molar-refractivity contribution is 5.91. The number of pyridine rings is 1. The molecule has 0 radical (unpaired) electrons. The third-order valence-electron chi connectivity index (χ3n) is 4.86. The van der Waals surface area contributed by atoms with Crippen molar-refractivity contribution in [2.45, 2.75) is 12.5 Å². The Bertz CT molecular complexity index is 1330. The van der Waals surface area contributed by atoms with Crippen LogP contribution in [0.25, 0.3) is 5.65 Å². The lowest BCUT2D eigenvalue weighted by atomic mass is 10.1. The summed E-state index contributed by atoms with van der Waals surface area (Å²) in [5.74, 6) is 6.19. The number of nitrogens with zero attached hydrogens (tertiary/aromatic N) is 6. The predicted octanol–water partition coefficient (Wildman–Crippen LogP) is 3.49. The molecule has 1 atom stereocenters. The van der Waals surface area contributed by atoms with Gasteiger partial charge in [-0.25, -0.2) is 19.3 Å². The van der Waals surface area contributed by atoms with Crippen LogP contribution in [0.2, 0.25) is 0 Å². The Balaban J connectivity index is 1.33. The van der Waals surface area contributed by atoms with Crippen molar-refractivity contribution in [3.8, 4) is 11.8 Å². The molecule has 0 fully saturated rings. The van der Waals surface area contributed by atoms with E-state index in [2.05, 4.69) is 37.3 Å². The molecule has 8 heteroatoms. The van der Waals surface area contributed by atoms with Gasteiger partial charge in [-0.1, -0.05) is 12.0 Å². The molecule has 31 heavy (non-hydrogen) atoms. The van der Waals surface area contributed by atoms with Gasteiger partial charge in [0.1, 0.15) is 5.69 Å². The maximum absolute atomic E-state index is 12.8. The van der Waals surface area contributed by atoms with Gasteiger partial charge in [0.25, 0.3) is 0 Å². The SMILES string of the molecule is O=C(Nc1cccc(C#Cc2cnc3cccnn23)c1)N1N=CCC1c1ccncc1. The van der Waals surface area contributed by atoms with Gasteiger partial charge in [0, 0.05) is 42.5 Å². The van der Waals surface area contributed by atoms with E-state index in [0.29, 0.717) is 17.8 Å². The molecule has 4 aromatic rings. The number of urea groups is 1. The topological polar surface area (TPSA) is 87.8 Å². The molecule has 5 rings (SSSR count). The molecule has 1 N–H and O–H groups in total. The Kier molecular flexibility index (Phi) is 4.83. The largest absolute Gasteiger partial charge is 0.342 e. The van der Waals surface area contributed by atoms with Gasteiger partial charge >= 0.3 is 6.03 Å². The minimum Gasteiger partial charge on any atom is -0.306 e. The van der Waals surface area contributed by atoms with Gasteiger partial charge in [0.05, 0.1) is 12.2 Å². The van der Waals surface area contributed by atoms with Gasteiger partial charge in [-0.15, -0.1) is 0 Å². The van der Waals surface area contributed by atoms with E-state index < -0.39 is 0 Å². The summed E-state index contributed by atoms with van der Waals surface area (Å²) in [6.45, 7) is 0. The molecule has 0 saturated heterocycles. The maximum Gasteiger partial charge on any atom is 0.342 e. The molecule has 4 heterocycles. The van der Waals surface area contributed by atoms with E-state index >= 15 is 0 Å². The standard InChI is InChI=1S/C23H17N7O/c31-23(30-21(10-14-27-30)18-8-12-24-13-9-18)28-19-4-1-3-17(15-19)6-7-20-16-25-22-5-2-11-26-29(20)22/h1-5,8-9,11-16,21H,10H2,(H,28,31). The fraction of sp³-hybridized carbons (Fsp3) is 0.0870. The van der Waals surface area contributed by atoms with Crippen molar-refractivity contribution in [3.05, 3.63) is 90.1 Å². The number of amides is 2. The highest BCUT2D eigenvalue weighted by Gasteiger charge is 2.28. The molecule has 8 nitrogen and oxygen atoms in total. The van der Waals surface area contributed by atoms with Crippen LogP contribution in [0.5, 0.6) is 0 Å². The van der Waals surface area contributed by atoms with Crippen LogP contribution in [-0.2, 0) is 0 Å². The summed E-state index contributed by atoms with van der Waals surface area (Å²) in [6.07, 6.45) is 9.21. The van der Waals surface area contributed by atoms with Crippen LogP contribution in [-0.4, -0.2) is 36.8 Å². The van der Waals surface area contributed by atoms with Crippen LogP contribution in [0.15, 0.2) is 78.4 Å². The molecule has 3 aromatic heterocycles. The second kappa shape index (κ2) is 8.08. The summed E-state index contributed by atoms with van der Waals surface area (Å²) >= 11 is 0. The summed E-state index contributed by atoms with van der Waals surface area (Å²) in [5.41, 5.74) is 3.83. The minimum absolute atomic E-state index is 0.145. The van der Waals surface area contributed by atoms with Crippen molar-refractivity contribution < 1.29 is 4.79 Å². The van der Waals surface area contributed by atoms with Crippen LogP contribution in [0.4, 0.5) is 10.5 Å². The van der Waals surface area contributed by atoms with E-state index in [0.717, 1.165) is 16.8 Å². The monoisotopic (exact) mass is 407 g/mol. The molecule has 1 unspecified atom stereocenters. The maximum atomic E-state index is 12.8. The van der Waals surface area contributed by atoms with Gasteiger partial charge in [-0.3, -0.25) is 4.98 Å². The van der Waals surface area contributed by atoms with Crippen molar-refractivity contribution in [1.82, 2.24) is 24.6 Å². The molecule has 1 aromatic carbocycles. The van der Waals surface area contributed by atoms with E-state index in [-0.39, 0.29) is 12.1 Å². The zero-order chi connectivity index (χ0) is 21.0. The molecule has 0 spiro atoms. The summed E-state index contributed by atoms with van der Waals surface area (Å²) in [5, 5.41) is 12.9. The fourth-order valence-electron chi connectivity index (χ4n) is 3.38. The zero-order valence-corrected chi connectivity index (χ0v) is 16.4. The van der Waals surface area contributed by atoms with E-state index in [9.17, 15) is 4.79 Å². The van der Waals surface area contributed by atoms with Crippen molar-refractivity contribution in [2.24, 2.45) is 5.10 Å². The highest BCUT2D eigenvalue weighted by atomic mass is 16.2. The molecule has 0 aliphatic carbocycles. The summed E-state index contributed by atoms with van der Waals surface area (Å²) < 4.78 is 1.68. The van der Waals surface area contributed by atoms with Crippen molar-refractivity contribution >= 4 is 23.6 Å². The third-order valence-corrected chi connectivity index (χ3v) is 4.86. The molecule has 150 valence electrons. The van der Waals surface area contributed by atoms with E-state index in [1.165, 1.54) is 5.01 Å². The van der Waals surface area contributed by atoms with Crippen LogP contribution in [0.1, 0.15) is 29.3 Å². The Morgan fingerprint density at radius 2 is 1.97 bits per heavy atom. The van der Waals surface area contributed by atoms with Crippen LogP contribution in [0.3, 0.4) is 0 Å². The van der Waals surface area contributed by atoms with Gasteiger partial charge in [0.2, 0.25) is 0 Å². The summed E-state index contributed by atoms with van der Waals surface area (Å²) in [6, 6.07) is 14.4. The first-order chi connectivity index (χ1) is 15.3. The smallest absolute Gasteiger partial charge is 0.306 e. The second-order valence-corrected chi connectivity index (χ2v) is 6.87. The van der Waals surface area contributed by atoms with E-state index in [1.54, 1.807) is 35.5 Å². The number of carbonyl (C=O) groups excluding carboxylic acids is 1. The lowest BCUT2D eigenvalue weighted by molar-refractivity contribution is 0.200. The third kappa shape index (κ3) is 3.84. The summed E-state index contributed by atoms with van der Waals surface area (Å²) in [4.78, 5) is 21.1. The van der Waals surface area contributed by atoms with E-state index in [1.807, 2.05) is 48.5 Å². The first-order valence-electron chi connectivity index (χ1n) is 9.71. The normalized spacial score (nSPS) is 15.0. The first-order valence-corrected chi connectivity index (χ1v) is 9.71. The van der Waals surface area contributed by atoms with Crippen LogP contribution >= 0.6 is 0 Å². The fourth-order valence-corrected chi connectivity index (χ4v) is 3.38. The van der Waals surface area contributed by atoms with Gasteiger partial charge in [-0.2, -0.15) is 10.2 Å². The molecule has 1 aliphatic heterocycles. The average Bonchev–Trinajstić information content (AvgIpc) is 3.46. The first kappa shape index (κ1) is 18.5. The number of hydrogen-bond donors (Lipinski definition) is 1. The second-order valence-electron chi connectivity index (χ2n) is 6.87. The quantitative estimate of drug-likeness (QED) is 0.515. The number of anilines is 1. The summed E-state index contributed by atoms with van der Waals surface area (Å²) in [7, 11) is 0. The number of benzene rings is 1. The van der Waals surface area contributed by atoms with Crippen LogP contribution < -0.4 is 5.32 Å². The molecule has 1 aliphatic rings. The number of nitrogens with one attached hydrogen (secondary N) is 1. The average molecular weight is 407 g/mol. The minimum atomic E-state index is -0.299. The molecular weight excluding hydrogens is 390 g/mol. The number of aromatic nitrogens is 4. The van der Waals surface area contributed by atoms with Crippen LogP contribution in [0, 0.1) is 11.8 Å². The highest BCUT2D eigenvalue weighted by Crippen LogP contribution is 2.28. The molecule has 0 saturated carbocycles. The van der Waals surface area contributed by atoms with Gasteiger partial charge < -0.3 is 5.32 Å². The Morgan fingerprint density at radius 1 is 1.06 bits per heavy atom. The zero-order valence-electron chi connectivity index (χ0n) is 16.4. The Morgan fingerprint density at radius 3 is 2.87 bits per heavy atom. The number of imidazole rings is 1. The molecule has 2 amide bonds. The molecule has 0 bridgehead atoms. The van der Waals surface area contributed by atoms with Crippen molar-refractivity contribution in [3.63, 3.8) is 0 Å². The number of hydrogen-bond acceptors (Lipinski definition) is 5. The van der Waals surface area contributed by atoms with Crippen molar-refractivity contribution in [2.75, 3.05) is 5.32 Å². The van der Waals surface area contributed by atoms with E-state index in [4.69, 9.17) is 0 Å². The molecular formula is C23H17N7O. The lowest BCUT2D eigenvalue weighted by Gasteiger charge is -2.22. The Labute approximate surface area is 178 Å². The predicted molar refractivity (Wildman–Crippen MR) is 116 cm³/mol. The number of carbonyl (C=O) groups is 1. The Hall–Kier alpha value is -4.51. The number of hydrazone groups is 1. The number of fused-ring (bicyclic) bond motifs is 1. The lowest BCUT2D eigenvalue weighted by Crippen LogP contribution is -2.31. The van der Waals surface area contributed by atoms with Gasteiger partial charge in [0.15, 0.2) is 5.65 Å². The van der Waals surface area contributed by atoms with Crippen molar-refractivity contribution in [1.29, 1.82) is 0 Å².